The van der Waals surface area contributed by atoms with Crippen LogP contribution < -0.4 is 10.6 Å². The lowest BCUT2D eigenvalue weighted by atomic mass is 10.1. The number of piperidine rings is 1. The number of benzene rings is 1. The molecule has 1 aromatic carbocycles. The van der Waals surface area contributed by atoms with Crippen molar-refractivity contribution >= 4 is 41.6 Å². The molecule has 1 aliphatic rings. The minimum atomic E-state index is -1.26. The highest BCUT2D eigenvalue weighted by atomic mass is 28.3. The molecule has 0 spiro atoms. The molecule has 5 aromatic rings. The summed E-state index contributed by atoms with van der Waals surface area (Å²) in [5, 5.41) is 7.74. The number of nitrogens with one attached hydrogen (secondary N) is 2. The van der Waals surface area contributed by atoms with Crippen LogP contribution in [0, 0.1) is 0 Å². The monoisotopic (exact) mass is 664 g/mol. The molecule has 0 saturated carbocycles. The summed E-state index contributed by atoms with van der Waals surface area (Å²) < 4.78 is 8.02. The van der Waals surface area contributed by atoms with Gasteiger partial charge in [0.15, 0.2) is 0 Å². The van der Waals surface area contributed by atoms with E-state index in [1.54, 1.807) is 18.6 Å². The van der Waals surface area contributed by atoms with Crippen LogP contribution in [0.15, 0.2) is 67.3 Å². The van der Waals surface area contributed by atoms with E-state index < -0.39 is 8.07 Å². The molecule has 1 saturated heterocycles. The van der Waals surface area contributed by atoms with Gasteiger partial charge in [-0.25, -0.2) is 9.97 Å². The predicted octanol–water partition coefficient (Wildman–Crippen LogP) is 6.61. The second-order valence-corrected chi connectivity index (χ2v) is 19.5. The molecule has 0 aliphatic carbocycles. The fourth-order valence-electron chi connectivity index (χ4n) is 6.15. The lowest BCUT2D eigenvalue weighted by molar-refractivity contribution is 0.0803. The van der Waals surface area contributed by atoms with Gasteiger partial charge >= 0.3 is 0 Å². The molecule has 0 atom stereocenters. The molecule has 11 heteroatoms. The largest absolute Gasteiger partial charge is 0.384 e. The minimum Gasteiger partial charge on any atom is -0.384 e. The number of anilines is 1. The van der Waals surface area contributed by atoms with Crippen molar-refractivity contribution in [3.8, 4) is 11.3 Å². The number of likely N-dealkylation sites (tertiary alicyclic amines) is 1. The topological polar surface area (TPSA) is 110 Å². The lowest BCUT2D eigenvalue weighted by Gasteiger charge is -2.26. The van der Waals surface area contributed by atoms with Crippen LogP contribution in [0.3, 0.4) is 0 Å². The van der Waals surface area contributed by atoms with E-state index in [-0.39, 0.29) is 12.6 Å². The Morgan fingerprint density at radius 1 is 0.917 bits per heavy atom. The van der Waals surface area contributed by atoms with E-state index in [2.05, 4.69) is 57.3 Å². The Morgan fingerprint density at radius 2 is 1.73 bits per heavy atom. The van der Waals surface area contributed by atoms with E-state index in [4.69, 9.17) is 14.7 Å². The standard InChI is InChI=1S/C37H48N8O2Si/c1-48(2,3)23-22-47-27-45-35-9-8-29(24-34(35)43-36(45)37(46)41-18-12-28-10-15-38-16-11-28)32-25-33(30-26-39-17-13-31(30)42-32)40-14-7-21-44-19-5-4-6-20-44/h8-11,13,15-17,24-26H,4-7,12,14,18-23,27H2,1-3H3,(H,40,42)(H,41,46). The highest BCUT2D eigenvalue weighted by Gasteiger charge is 2.20. The molecule has 4 aromatic heterocycles. The van der Waals surface area contributed by atoms with Crippen LogP contribution in [-0.4, -0.2) is 82.7 Å². The first-order valence-corrected chi connectivity index (χ1v) is 21.0. The molecule has 1 aliphatic heterocycles. The molecule has 0 radical (unpaired) electrons. The average molecular weight is 665 g/mol. The van der Waals surface area contributed by atoms with Gasteiger partial charge in [0, 0.05) is 69.2 Å². The van der Waals surface area contributed by atoms with Gasteiger partial charge in [-0.1, -0.05) is 32.1 Å². The number of fused-ring (bicyclic) bond motifs is 2. The van der Waals surface area contributed by atoms with Crippen molar-refractivity contribution in [1.29, 1.82) is 0 Å². The van der Waals surface area contributed by atoms with Crippen molar-refractivity contribution < 1.29 is 9.53 Å². The van der Waals surface area contributed by atoms with E-state index in [1.807, 2.05) is 41.1 Å². The number of amides is 1. The van der Waals surface area contributed by atoms with Crippen LogP contribution in [0.4, 0.5) is 5.69 Å². The Bertz CT molecular complexity index is 1820. The second-order valence-electron chi connectivity index (χ2n) is 13.9. The number of hydrogen-bond donors (Lipinski definition) is 2. The van der Waals surface area contributed by atoms with Gasteiger partial charge in [-0.2, -0.15) is 0 Å². The zero-order valence-corrected chi connectivity index (χ0v) is 29.5. The molecule has 1 fully saturated rings. The lowest BCUT2D eigenvalue weighted by Crippen LogP contribution is -2.31. The quantitative estimate of drug-likeness (QED) is 0.0950. The third kappa shape index (κ3) is 8.83. The molecule has 0 bridgehead atoms. The Morgan fingerprint density at radius 3 is 2.54 bits per heavy atom. The van der Waals surface area contributed by atoms with Gasteiger partial charge in [0.05, 0.1) is 22.2 Å². The smallest absolute Gasteiger partial charge is 0.287 e. The first-order valence-electron chi connectivity index (χ1n) is 17.3. The molecule has 2 N–H and O–H groups in total. The Hall–Kier alpha value is -4.19. The van der Waals surface area contributed by atoms with Crippen molar-refractivity contribution in [2.24, 2.45) is 0 Å². The molecule has 0 unspecified atom stereocenters. The van der Waals surface area contributed by atoms with Gasteiger partial charge in [-0.05, 0) is 93.3 Å². The molecule has 6 rings (SSSR count). The molecular formula is C37H48N8O2Si. The maximum absolute atomic E-state index is 13.5. The van der Waals surface area contributed by atoms with Gasteiger partial charge in [-0.3, -0.25) is 19.3 Å². The summed E-state index contributed by atoms with van der Waals surface area (Å²) >= 11 is 0. The molecule has 10 nitrogen and oxygen atoms in total. The maximum atomic E-state index is 13.5. The van der Waals surface area contributed by atoms with Gasteiger partial charge in [0.25, 0.3) is 5.91 Å². The first-order chi connectivity index (χ1) is 23.3. The number of rotatable bonds is 15. The summed E-state index contributed by atoms with van der Waals surface area (Å²) in [5.41, 5.74) is 6.40. The number of carbonyl (C=O) groups is 1. The maximum Gasteiger partial charge on any atom is 0.287 e. The van der Waals surface area contributed by atoms with E-state index in [0.29, 0.717) is 25.4 Å². The van der Waals surface area contributed by atoms with Crippen molar-refractivity contribution in [2.45, 2.75) is 64.5 Å². The predicted molar refractivity (Wildman–Crippen MR) is 196 cm³/mol. The fraction of sp³-hybridized carbons (Fsp3) is 0.432. The highest BCUT2D eigenvalue weighted by Crippen LogP contribution is 2.30. The summed E-state index contributed by atoms with van der Waals surface area (Å²) in [6, 6.07) is 15.1. The van der Waals surface area contributed by atoms with Gasteiger partial charge < -0.3 is 20.3 Å². The number of ether oxygens (including phenoxy) is 1. The molecule has 1 amide bonds. The Balaban J connectivity index is 1.23. The van der Waals surface area contributed by atoms with Crippen molar-refractivity contribution in [3.05, 3.63) is 78.6 Å². The minimum absolute atomic E-state index is 0.219. The van der Waals surface area contributed by atoms with Crippen LogP contribution >= 0.6 is 0 Å². The Labute approximate surface area is 284 Å². The number of hydrogen-bond acceptors (Lipinski definition) is 8. The van der Waals surface area contributed by atoms with Gasteiger partial charge in [0.1, 0.15) is 6.73 Å². The van der Waals surface area contributed by atoms with E-state index in [1.165, 1.54) is 32.4 Å². The third-order valence-electron chi connectivity index (χ3n) is 8.94. The van der Waals surface area contributed by atoms with Crippen molar-refractivity contribution in [2.75, 3.05) is 44.6 Å². The van der Waals surface area contributed by atoms with Crippen LogP contribution in [0.5, 0.6) is 0 Å². The second kappa shape index (κ2) is 15.8. The first kappa shape index (κ1) is 33.7. The number of imidazole rings is 1. The average Bonchev–Trinajstić information content (AvgIpc) is 3.46. The zero-order chi connectivity index (χ0) is 33.3. The number of aromatic nitrogens is 5. The number of nitrogens with zero attached hydrogens (tertiary/aromatic N) is 6. The van der Waals surface area contributed by atoms with Gasteiger partial charge in [-0.15, -0.1) is 0 Å². The van der Waals surface area contributed by atoms with Crippen LogP contribution in [0.25, 0.3) is 33.2 Å². The van der Waals surface area contributed by atoms with E-state index >= 15 is 0 Å². The summed E-state index contributed by atoms with van der Waals surface area (Å²) in [7, 11) is -1.26. The van der Waals surface area contributed by atoms with E-state index in [0.717, 1.165) is 70.0 Å². The van der Waals surface area contributed by atoms with Crippen molar-refractivity contribution in [3.63, 3.8) is 0 Å². The Kier molecular flexibility index (Phi) is 11.1. The molecule has 48 heavy (non-hydrogen) atoms. The van der Waals surface area contributed by atoms with E-state index in [9.17, 15) is 4.79 Å². The molecular weight excluding hydrogens is 617 g/mol. The fourth-order valence-corrected chi connectivity index (χ4v) is 6.90. The van der Waals surface area contributed by atoms with Crippen LogP contribution in [0.1, 0.15) is 41.9 Å². The third-order valence-corrected chi connectivity index (χ3v) is 10.6. The number of carbonyl (C=O) groups excluding carboxylic acids is 1. The molecule has 5 heterocycles. The SMILES string of the molecule is C[Si](C)(C)CCOCn1c(C(=O)NCCc2ccncc2)nc2cc(-c3cc(NCCCN4CCCCC4)c4cnccc4n3)ccc21. The highest BCUT2D eigenvalue weighted by molar-refractivity contribution is 6.76. The summed E-state index contributed by atoms with van der Waals surface area (Å²) in [4.78, 5) is 34.4. The summed E-state index contributed by atoms with van der Waals surface area (Å²) in [5.74, 6) is 0.126. The summed E-state index contributed by atoms with van der Waals surface area (Å²) in [6.45, 7) is 12.8. The van der Waals surface area contributed by atoms with Gasteiger partial charge in [0.2, 0.25) is 5.82 Å². The van der Waals surface area contributed by atoms with Crippen LogP contribution in [0.2, 0.25) is 25.7 Å². The zero-order valence-electron chi connectivity index (χ0n) is 28.5. The molecule has 252 valence electrons. The van der Waals surface area contributed by atoms with Crippen molar-refractivity contribution in [1.82, 2.24) is 34.7 Å². The summed E-state index contributed by atoms with van der Waals surface area (Å²) in [6.07, 6.45) is 13.0. The normalized spacial score (nSPS) is 14.1. The van der Waals surface area contributed by atoms with Crippen LogP contribution in [-0.2, 0) is 17.9 Å². The number of pyridine rings is 3.